The number of nitrogens with zero attached hydrogens (tertiary/aromatic N) is 9. The van der Waals surface area contributed by atoms with Crippen LogP contribution in [0.4, 0.5) is 30.6 Å². The minimum Gasteiger partial charge on any atom is -0.507 e. The zero-order chi connectivity index (χ0) is 54.3. The topological polar surface area (TPSA) is 219 Å². The molecule has 1 aliphatic carbocycles. The first-order valence-corrected chi connectivity index (χ1v) is 27.8. The molecule has 21 heteroatoms. The number of nitrogens with one attached hydrogen (secondary N) is 2. The van der Waals surface area contributed by atoms with Crippen LogP contribution in [-0.4, -0.2) is 132 Å². The van der Waals surface area contributed by atoms with E-state index in [0.717, 1.165) is 94.5 Å². The van der Waals surface area contributed by atoms with Crippen LogP contribution in [0.1, 0.15) is 107 Å². The van der Waals surface area contributed by atoms with E-state index in [1.807, 2.05) is 51.4 Å². The Morgan fingerprint density at radius 1 is 0.870 bits per heavy atom. The molecule has 5 aromatic rings. The van der Waals surface area contributed by atoms with Gasteiger partial charge in [0.1, 0.15) is 17.8 Å². The molecule has 10 rings (SSSR count). The van der Waals surface area contributed by atoms with Crippen LogP contribution in [0, 0.1) is 24.2 Å². The van der Waals surface area contributed by atoms with E-state index in [2.05, 4.69) is 40.5 Å². The summed E-state index contributed by atoms with van der Waals surface area (Å²) in [6, 6.07) is 11.3. The molecular weight excluding hydrogens is 1010 g/mol. The summed E-state index contributed by atoms with van der Waals surface area (Å²) in [5.74, 6) is 0.376. The number of aliphatic hydroxyl groups excluding tert-OH is 1. The quantitative estimate of drug-likeness (QED) is 0.0781. The Morgan fingerprint density at radius 3 is 2.22 bits per heavy atom. The first-order valence-electron chi connectivity index (χ1n) is 26.9. The normalized spacial score (nSPS) is 23.8. The Labute approximate surface area is 450 Å². The second kappa shape index (κ2) is 22.1. The number of aliphatic hydroxyl groups is 1. The number of phenols is 1. The fourth-order valence-electron chi connectivity index (χ4n) is 12.4. The Balaban J connectivity index is 0.682. The van der Waals surface area contributed by atoms with Gasteiger partial charge in [0.2, 0.25) is 23.7 Å². The number of halogens is 3. The summed E-state index contributed by atoms with van der Waals surface area (Å²) in [4.78, 5) is 65.1. The lowest BCUT2D eigenvalue weighted by molar-refractivity contribution is -0.144. The second-order valence-corrected chi connectivity index (χ2v) is 23.7. The van der Waals surface area contributed by atoms with Crippen molar-refractivity contribution in [2.45, 2.75) is 134 Å². The molecule has 17 nitrogen and oxygen atoms in total. The summed E-state index contributed by atoms with van der Waals surface area (Å²) in [6.07, 6.45) is 5.43. The van der Waals surface area contributed by atoms with Crippen LogP contribution < -0.4 is 26.2 Å². The summed E-state index contributed by atoms with van der Waals surface area (Å²) in [5.41, 5.74) is 10.3. The van der Waals surface area contributed by atoms with Gasteiger partial charge in [-0.25, -0.2) is 15.0 Å². The number of piperazine rings is 1. The third kappa shape index (κ3) is 11.7. The van der Waals surface area contributed by atoms with Gasteiger partial charge in [-0.15, -0.1) is 21.5 Å². The molecule has 410 valence electrons. The van der Waals surface area contributed by atoms with Crippen LogP contribution in [-0.2, 0) is 27.1 Å². The number of carbonyl (C=O) groups excluding carboxylic acids is 3. The number of alkyl halides is 3. The minimum atomic E-state index is -4.69. The average Bonchev–Trinajstić information content (AvgIpc) is 4.15. The van der Waals surface area contributed by atoms with Crippen molar-refractivity contribution in [3.05, 3.63) is 88.8 Å². The van der Waals surface area contributed by atoms with Crippen LogP contribution in [0.25, 0.3) is 21.7 Å². The molecule has 6 N–H and O–H groups in total. The van der Waals surface area contributed by atoms with Crippen molar-refractivity contribution in [1.82, 2.24) is 45.6 Å². The van der Waals surface area contributed by atoms with Gasteiger partial charge in [0, 0.05) is 75.1 Å². The van der Waals surface area contributed by atoms with E-state index in [1.54, 1.807) is 30.6 Å². The summed E-state index contributed by atoms with van der Waals surface area (Å²) < 4.78 is 42.9. The summed E-state index contributed by atoms with van der Waals surface area (Å²) in [5, 5.41) is 35.3. The van der Waals surface area contributed by atoms with Gasteiger partial charge in [-0.2, -0.15) is 13.2 Å². The first-order chi connectivity index (χ1) is 36.8. The predicted octanol–water partition coefficient (Wildman–Crippen LogP) is 7.32. The molecule has 2 unspecified atom stereocenters. The number of carbonyl (C=O) groups is 3. The molecule has 2 bridgehead atoms. The number of β-amino-alcohol motifs (C(OH)–C–C–N with tert-alkyl or cyclic N) is 1. The number of anilines is 3. The molecule has 4 aliphatic heterocycles. The van der Waals surface area contributed by atoms with Gasteiger partial charge in [0.25, 0.3) is 0 Å². The number of aryl methyl sites for hydroxylation is 1. The molecule has 77 heavy (non-hydrogen) atoms. The maximum absolute atomic E-state index is 14.3. The number of thiazole rings is 1. The lowest BCUT2D eigenvalue weighted by Crippen LogP contribution is -2.58. The Kier molecular flexibility index (Phi) is 15.5. The number of piperidine rings is 1. The summed E-state index contributed by atoms with van der Waals surface area (Å²) in [6.45, 7) is 11.0. The number of nitrogen functional groups attached to an aromatic ring is 1. The molecule has 7 heterocycles. The van der Waals surface area contributed by atoms with Crippen molar-refractivity contribution < 1.29 is 37.8 Å². The SMILES string of the molecule is Cc1ncsc1-c1ccc(CNC(=O)[C@@H]2C[C@@H](O)CN2C(=O)[C@@H](NC(=O)C2CCC(CN3CCC(c4cnc(N5C6CCC5CN(c5cc(-c7ccccc7O)nnc5N)C6)nc4)CC3)CC2)C(C)(C)C)c(C(F)(F)F)c1. The van der Waals surface area contributed by atoms with E-state index in [9.17, 15) is 37.8 Å². The van der Waals surface area contributed by atoms with Crippen LogP contribution in [0.15, 0.2) is 66.4 Å². The zero-order valence-electron chi connectivity index (χ0n) is 44.0. The van der Waals surface area contributed by atoms with Crippen LogP contribution in [0.5, 0.6) is 5.75 Å². The molecular formula is C56H69F3N12O5S. The second-order valence-electron chi connectivity index (χ2n) is 22.9. The number of rotatable bonds is 13. The van der Waals surface area contributed by atoms with Crippen molar-refractivity contribution in [3.8, 4) is 27.4 Å². The predicted molar refractivity (Wildman–Crippen MR) is 288 cm³/mol. The van der Waals surface area contributed by atoms with Crippen molar-refractivity contribution >= 4 is 46.5 Å². The number of aromatic nitrogens is 5. The number of benzene rings is 2. The van der Waals surface area contributed by atoms with Gasteiger partial charge in [-0.1, -0.05) is 45.0 Å². The van der Waals surface area contributed by atoms with Crippen LogP contribution in [0.3, 0.4) is 0 Å². The molecule has 3 aromatic heterocycles. The Hall–Kier alpha value is -6.45. The van der Waals surface area contributed by atoms with Gasteiger partial charge in [0.15, 0.2) is 5.82 Å². The number of amides is 3. The van der Waals surface area contributed by atoms with Crippen molar-refractivity contribution in [1.29, 1.82) is 0 Å². The third-order valence-corrected chi connectivity index (χ3v) is 17.6. The highest BCUT2D eigenvalue weighted by Crippen LogP contribution is 2.41. The van der Waals surface area contributed by atoms with Crippen LogP contribution in [0.2, 0.25) is 0 Å². The number of hydrogen-bond acceptors (Lipinski definition) is 15. The lowest BCUT2D eigenvalue weighted by atomic mass is 9.80. The van der Waals surface area contributed by atoms with Crippen molar-refractivity contribution in [2.24, 2.45) is 17.3 Å². The van der Waals surface area contributed by atoms with Gasteiger partial charge in [-0.3, -0.25) is 14.4 Å². The molecule has 0 spiro atoms. The number of fused-ring (bicyclic) bond motifs is 2. The van der Waals surface area contributed by atoms with E-state index in [0.29, 0.717) is 57.9 Å². The number of phenolic OH excluding ortho intramolecular Hbond substituents is 1. The number of nitrogens with two attached hydrogens (primary N) is 1. The molecule has 5 fully saturated rings. The maximum Gasteiger partial charge on any atom is 0.416 e. The monoisotopic (exact) mass is 1080 g/mol. The fourth-order valence-corrected chi connectivity index (χ4v) is 13.2. The standard InChI is InChI=1S/C56H69F3N12O5S/c1-32-48(77-31-64-32)36-13-14-37(43(21-36)56(57,58)59)24-61-52(75)46-22-41(72)30-70(46)53(76)49(55(2,3)4)65-51(74)35-11-9-33(10-12-35)27-68-19-17-34(18-20-68)38-25-62-54(63-26-38)71-39-15-16-40(71)29-69(28-39)45-23-44(66-67-50(45)60)42-7-5-6-8-47(42)73/h5-8,13-14,21,23,25-26,31,33-35,39-41,46,49,72-73H,9-12,15-20,22,24,27-30H2,1-4H3,(H2,60,67)(H,61,75)(H,65,74)/t33?,35?,39?,40?,41-,46+,49-/m1/s1. The number of hydrogen-bond donors (Lipinski definition) is 5. The molecule has 2 aromatic carbocycles. The molecule has 0 radical (unpaired) electrons. The number of para-hydroxylation sites is 1. The van der Waals surface area contributed by atoms with E-state index in [4.69, 9.17) is 15.7 Å². The van der Waals surface area contributed by atoms with E-state index in [-0.39, 0.29) is 48.2 Å². The lowest BCUT2D eigenvalue weighted by Gasteiger charge is -2.42. The van der Waals surface area contributed by atoms with Gasteiger partial charge in [-0.05, 0) is 130 Å². The summed E-state index contributed by atoms with van der Waals surface area (Å²) >= 11 is 1.24. The summed E-state index contributed by atoms with van der Waals surface area (Å²) in [7, 11) is 0. The smallest absolute Gasteiger partial charge is 0.416 e. The number of likely N-dealkylation sites (tertiary alicyclic amines) is 2. The molecule has 3 amide bonds. The Morgan fingerprint density at radius 2 is 1.57 bits per heavy atom. The van der Waals surface area contributed by atoms with Gasteiger partial charge < -0.3 is 46.2 Å². The minimum absolute atomic E-state index is 0.0860. The molecule has 5 atom stereocenters. The highest BCUT2D eigenvalue weighted by atomic mass is 32.1. The first kappa shape index (κ1) is 53.9. The molecule has 1 saturated carbocycles. The number of aromatic hydroxyl groups is 1. The maximum atomic E-state index is 14.3. The van der Waals surface area contributed by atoms with Gasteiger partial charge >= 0.3 is 6.18 Å². The van der Waals surface area contributed by atoms with E-state index in [1.165, 1.54) is 22.3 Å². The molecule has 5 aliphatic rings. The Bertz CT molecular complexity index is 2920. The fraction of sp³-hybridized carbons (Fsp3) is 0.536. The zero-order valence-corrected chi connectivity index (χ0v) is 44.9. The van der Waals surface area contributed by atoms with Gasteiger partial charge in [0.05, 0.1) is 39.1 Å². The average molecular weight is 1080 g/mol. The van der Waals surface area contributed by atoms with E-state index < -0.39 is 53.7 Å². The highest BCUT2D eigenvalue weighted by molar-refractivity contribution is 7.13. The third-order valence-electron chi connectivity index (χ3n) is 16.6. The highest BCUT2D eigenvalue weighted by Gasteiger charge is 2.46. The van der Waals surface area contributed by atoms with Crippen molar-refractivity contribution in [3.63, 3.8) is 0 Å². The molecule has 4 saturated heterocycles. The van der Waals surface area contributed by atoms with Crippen LogP contribution >= 0.6 is 11.3 Å². The largest absolute Gasteiger partial charge is 0.507 e. The van der Waals surface area contributed by atoms with E-state index >= 15 is 0 Å². The van der Waals surface area contributed by atoms with Crippen molar-refractivity contribution in [2.75, 3.05) is 54.8 Å².